The average Bonchev–Trinajstić information content (AvgIpc) is 2.87. The Kier molecular flexibility index (Phi) is 4.73. The van der Waals surface area contributed by atoms with Crippen molar-refractivity contribution in [2.45, 2.75) is 19.8 Å². The maximum absolute atomic E-state index is 12.1. The number of hydrogen-bond donors (Lipinski definition) is 0. The minimum absolute atomic E-state index is 0.00645. The van der Waals surface area contributed by atoms with Crippen LogP contribution in [-0.4, -0.2) is 42.8 Å². The first kappa shape index (κ1) is 15.2. The van der Waals surface area contributed by atoms with E-state index in [2.05, 4.69) is 4.74 Å². The number of methoxy groups -OCH3 is 1. The molecule has 1 fully saturated rings. The van der Waals surface area contributed by atoms with Crippen LogP contribution in [0.15, 0.2) is 24.3 Å². The molecule has 5 heteroatoms. The molecule has 1 aliphatic rings. The van der Waals surface area contributed by atoms with Crippen LogP contribution in [0, 0.1) is 12.8 Å². The van der Waals surface area contributed by atoms with Gasteiger partial charge < -0.3 is 9.64 Å². The second kappa shape index (κ2) is 6.52. The molecule has 0 bridgehead atoms. The molecule has 1 unspecified atom stereocenters. The highest BCUT2D eigenvalue weighted by Crippen LogP contribution is 2.16. The molecule has 0 aliphatic carbocycles. The summed E-state index contributed by atoms with van der Waals surface area (Å²) in [7, 11) is 1.25. The van der Waals surface area contributed by atoms with Gasteiger partial charge in [-0.1, -0.05) is 29.8 Å². The van der Waals surface area contributed by atoms with Crippen molar-refractivity contribution in [2.24, 2.45) is 5.92 Å². The fraction of sp³-hybridized carbons (Fsp3) is 0.438. The van der Waals surface area contributed by atoms with Gasteiger partial charge in [0.1, 0.15) is 5.92 Å². The van der Waals surface area contributed by atoms with Crippen molar-refractivity contribution in [3.63, 3.8) is 0 Å². The van der Waals surface area contributed by atoms with Crippen LogP contribution >= 0.6 is 0 Å². The second-order valence-corrected chi connectivity index (χ2v) is 5.30. The first-order valence-corrected chi connectivity index (χ1v) is 6.95. The number of ketones is 1. The van der Waals surface area contributed by atoms with Gasteiger partial charge in [-0.05, 0) is 18.9 Å². The third-order valence-corrected chi connectivity index (χ3v) is 3.72. The molecule has 1 aliphatic heterocycles. The second-order valence-electron chi connectivity index (χ2n) is 5.30. The number of carbonyl (C=O) groups is 3. The van der Waals surface area contributed by atoms with E-state index in [9.17, 15) is 14.4 Å². The van der Waals surface area contributed by atoms with Crippen LogP contribution in [0.4, 0.5) is 0 Å². The van der Waals surface area contributed by atoms with Gasteiger partial charge >= 0.3 is 5.97 Å². The predicted molar refractivity (Wildman–Crippen MR) is 76.6 cm³/mol. The van der Waals surface area contributed by atoms with Crippen LogP contribution in [0.2, 0.25) is 0 Å². The average molecular weight is 289 g/mol. The SMILES string of the molecule is COC(=O)C1CN(C(=O)CCc2ccc(C)cc2)CC1=O. The number of Topliss-reactive ketones (excluding diaryl/α,β-unsaturated/α-hetero) is 1. The van der Waals surface area contributed by atoms with Crippen LogP contribution in [0.1, 0.15) is 17.5 Å². The minimum atomic E-state index is -0.821. The van der Waals surface area contributed by atoms with E-state index < -0.39 is 11.9 Å². The van der Waals surface area contributed by atoms with E-state index in [1.807, 2.05) is 31.2 Å². The number of ether oxygens (including phenoxy) is 1. The van der Waals surface area contributed by atoms with Gasteiger partial charge in [0.05, 0.1) is 13.7 Å². The number of nitrogens with zero attached hydrogens (tertiary/aromatic N) is 1. The van der Waals surface area contributed by atoms with Gasteiger partial charge in [0.2, 0.25) is 5.91 Å². The Labute approximate surface area is 123 Å². The normalized spacial score (nSPS) is 17.9. The monoisotopic (exact) mass is 289 g/mol. The van der Waals surface area contributed by atoms with Gasteiger partial charge in [0.15, 0.2) is 5.78 Å². The van der Waals surface area contributed by atoms with Crippen LogP contribution in [0.25, 0.3) is 0 Å². The minimum Gasteiger partial charge on any atom is -0.468 e. The Balaban J connectivity index is 1.88. The van der Waals surface area contributed by atoms with Crippen molar-refractivity contribution in [3.8, 4) is 0 Å². The summed E-state index contributed by atoms with van der Waals surface area (Å²) in [5.41, 5.74) is 2.26. The summed E-state index contributed by atoms with van der Waals surface area (Å²) in [6, 6.07) is 8.00. The largest absolute Gasteiger partial charge is 0.468 e. The molecule has 0 spiro atoms. The van der Waals surface area contributed by atoms with Crippen LogP contribution in [0.3, 0.4) is 0 Å². The van der Waals surface area contributed by atoms with Gasteiger partial charge in [0, 0.05) is 13.0 Å². The summed E-state index contributed by atoms with van der Waals surface area (Å²) in [6.45, 7) is 2.16. The molecule has 1 aromatic rings. The van der Waals surface area contributed by atoms with Crippen molar-refractivity contribution < 1.29 is 19.1 Å². The lowest BCUT2D eigenvalue weighted by Crippen LogP contribution is -2.30. The number of esters is 1. The molecule has 1 atom stereocenters. The zero-order valence-electron chi connectivity index (χ0n) is 12.3. The number of carbonyl (C=O) groups excluding carboxylic acids is 3. The Bertz CT molecular complexity index is 550. The van der Waals surface area contributed by atoms with E-state index >= 15 is 0 Å². The van der Waals surface area contributed by atoms with E-state index in [4.69, 9.17) is 0 Å². The smallest absolute Gasteiger partial charge is 0.318 e. The predicted octanol–water partition coefficient (Wildman–Crippen LogP) is 1.13. The van der Waals surface area contributed by atoms with Gasteiger partial charge in [0.25, 0.3) is 0 Å². The molecule has 0 N–H and O–H groups in total. The molecule has 1 saturated heterocycles. The van der Waals surface area contributed by atoms with E-state index in [0.717, 1.165) is 5.56 Å². The number of benzene rings is 1. The fourth-order valence-corrected chi connectivity index (χ4v) is 2.39. The zero-order chi connectivity index (χ0) is 15.4. The molecule has 112 valence electrons. The highest BCUT2D eigenvalue weighted by Gasteiger charge is 2.38. The molecule has 1 heterocycles. The van der Waals surface area contributed by atoms with Gasteiger partial charge in [-0.3, -0.25) is 14.4 Å². The Morgan fingerprint density at radius 2 is 1.95 bits per heavy atom. The van der Waals surface area contributed by atoms with E-state index in [-0.39, 0.29) is 24.8 Å². The summed E-state index contributed by atoms with van der Waals surface area (Å²) in [5.74, 6) is -1.73. The van der Waals surface area contributed by atoms with E-state index in [0.29, 0.717) is 12.8 Å². The molecule has 0 radical (unpaired) electrons. The molecule has 21 heavy (non-hydrogen) atoms. The molecule has 2 rings (SSSR count). The molecular weight excluding hydrogens is 270 g/mol. The van der Waals surface area contributed by atoms with Crippen molar-refractivity contribution in [1.29, 1.82) is 0 Å². The number of rotatable bonds is 4. The van der Waals surface area contributed by atoms with Crippen molar-refractivity contribution in [1.82, 2.24) is 4.90 Å². The van der Waals surface area contributed by atoms with Crippen molar-refractivity contribution in [3.05, 3.63) is 35.4 Å². The third kappa shape index (κ3) is 3.68. The Morgan fingerprint density at radius 3 is 2.57 bits per heavy atom. The standard InChI is InChI=1S/C16H19NO4/c1-11-3-5-12(6-4-11)7-8-15(19)17-9-13(14(18)10-17)16(20)21-2/h3-6,13H,7-10H2,1-2H3. The Hall–Kier alpha value is -2.17. The quantitative estimate of drug-likeness (QED) is 0.615. The van der Waals surface area contributed by atoms with Gasteiger partial charge in [-0.15, -0.1) is 0 Å². The summed E-state index contributed by atoms with van der Waals surface area (Å²) in [5, 5.41) is 0. The van der Waals surface area contributed by atoms with E-state index in [1.165, 1.54) is 17.6 Å². The number of amides is 1. The zero-order valence-corrected chi connectivity index (χ0v) is 12.3. The lowest BCUT2D eigenvalue weighted by molar-refractivity contribution is -0.147. The lowest BCUT2D eigenvalue weighted by Gasteiger charge is -2.15. The summed E-state index contributed by atoms with van der Waals surface area (Å²) >= 11 is 0. The maximum atomic E-state index is 12.1. The highest BCUT2D eigenvalue weighted by molar-refractivity contribution is 6.03. The summed E-state index contributed by atoms with van der Waals surface area (Å²) in [6.07, 6.45) is 0.969. The molecule has 0 saturated carbocycles. The van der Waals surface area contributed by atoms with Crippen LogP contribution in [0.5, 0.6) is 0 Å². The van der Waals surface area contributed by atoms with Crippen molar-refractivity contribution in [2.75, 3.05) is 20.2 Å². The Morgan fingerprint density at radius 1 is 1.29 bits per heavy atom. The molecule has 5 nitrogen and oxygen atoms in total. The topological polar surface area (TPSA) is 63.7 Å². The van der Waals surface area contributed by atoms with Gasteiger partial charge in [-0.2, -0.15) is 0 Å². The maximum Gasteiger partial charge on any atom is 0.318 e. The van der Waals surface area contributed by atoms with Crippen molar-refractivity contribution >= 4 is 17.7 Å². The van der Waals surface area contributed by atoms with Crippen LogP contribution in [-0.2, 0) is 25.5 Å². The first-order valence-electron chi connectivity index (χ1n) is 6.95. The van der Waals surface area contributed by atoms with Gasteiger partial charge in [-0.25, -0.2) is 0 Å². The number of likely N-dealkylation sites (tertiary alicyclic amines) is 1. The number of hydrogen-bond acceptors (Lipinski definition) is 4. The van der Waals surface area contributed by atoms with Crippen LogP contribution < -0.4 is 0 Å². The summed E-state index contributed by atoms with van der Waals surface area (Å²) in [4.78, 5) is 36.7. The molecule has 0 aromatic heterocycles. The lowest BCUT2D eigenvalue weighted by atomic mass is 10.1. The molecule has 1 aromatic carbocycles. The summed E-state index contributed by atoms with van der Waals surface area (Å²) < 4.78 is 4.58. The third-order valence-electron chi connectivity index (χ3n) is 3.72. The molecule has 1 amide bonds. The highest BCUT2D eigenvalue weighted by atomic mass is 16.5. The fourth-order valence-electron chi connectivity index (χ4n) is 2.39. The molecular formula is C16H19NO4. The first-order chi connectivity index (χ1) is 10.0. The van der Waals surface area contributed by atoms with E-state index in [1.54, 1.807) is 0 Å². The number of aryl methyl sites for hydroxylation is 2.